The highest BCUT2D eigenvalue weighted by Gasteiger charge is 2.27. The molecule has 0 atom stereocenters. The molecule has 0 aliphatic heterocycles. The molecule has 1 aliphatic rings. The van der Waals surface area contributed by atoms with E-state index in [1.54, 1.807) is 18.2 Å². The molecule has 0 bridgehead atoms. The molecular weight excluding hydrogens is 254 g/mol. The molecule has 0 saturated heterocycles. The fraction of sp³-hybridized carbons (Fsp3) is 0.533. The number of hydrazine groups is 1. The lowest BCUT2D eigenvalue weighted by molar-refractivity contribution is 0.0953. The summed E-state index contributed by atoms with van der Waals surface area (Å²) in [6.45, 7) is 4.91. The van der Waals surface area contributed by atoms with E-state index in [2.05, 4.69) is 17.2 Å². The summed E-state index contributed by atoms with van der Waals surface area (Å²) in [6.07, 6.45) is 3.79. The quantitative estimate of drug-likeness (QED) is 0.430. The minimum atomic E-state index is -0.305. The summed E-state index contributed by atoms with van der Waals surface area (Å²) < 4.78 is 5.73. The van der Waals surface area contributed by atoms with Crippen molar-refractivity contribution >= 4 is 5.91 Å². The number of nitrogens with one attached hydrogen (secondary N) is 1. The summed E-state index contributed by atoms with van der Waals surface area (Å²) in [5, 5.41) is 0. The molecule has 5 nitrogen and oxygen atoms in total. The van der Waals surface area contributed by atoms with Gasteiger partial charge in [-0.05, 0) is 44.0 Å². The average molecular weight is 277 g/mol. The number of ether oxygens (including phenoxy) is 1. The van der Waals surface area contributed by atoms with Gasteiger partial charge in [0.2, 0.25) is 0 Å². The summed E-state index contributed by atoms with van der Waals surface area (Å²) in [6, 6.07) is 7.83. The zero-order valence-electron chi connectivity index (χ0n) is 12.0. The van der Waals surface area contributed by atoms with Crippen molar-refractivity contribution in [2.45, 2.75) is 32.2 Å². The number of hydrogen-bond donors (Lipinski definition) is 2. The van der Waals surface area contributed by atoms with Crippen molar-refractivity contribution in [1.29, 1.82) is 0 Å². The van der Waals surface area contributed by atoms with Gasteiger partial charge in [0.25, 0.3) is 5.91 Å². The minimum absolute atomic E-state index is 0.305. The Morgan fingerprint density at radius 2 is 2.25 bits per heavy atom. The Morgan fingerprint density at radius 3 is 2.90 bits per heavy atom. The van der Waals surface area contributed by atoms with Crippen molar-refractivity contribution in [2.24, 2.45) is 5.84 Å². The van der Waals surface area contributed by atoms with Crippen LogP contribution in [0.1, 0.15) is 36.5 Å². The molecule has 2 rings (SSSR count). The molecule has 0 unspecified atom stereocenters. The molecule has 0 spiro atoms. The first-order valence-corrected chi connectivity index (χ1v) is 7.22. The van der Waals surface area contributed by atoms with E-state index in [1.165, 1.54) is 19.3 Å². The van der Waals surface area contributed by atoms with Gasteiger partial charge in [0.1, 0.15) is 12.4 Å². The summed E-state index contributed by atoms with van der Waals surface area (Å²) in [7, 11) is 0. The first kappa shape index (κ1) is 14.8. The van der Waals surface area contributed by atoms with Crippen molar-refractivity contribution < 1.29 is 9.53 Å². The van der Waals surface area contributed by atoms with Crippen LogP contribution in [0.15, 0.2) is 24.3 Å². The highest BCUT2D eigenvalue weighted by atomic mass is 16.5. The lowest BCUT2D eigenvalue weighted by atomic mass is 10.2. The third-order valence-electron chi connectivity index (χ3n) is 3.45. The maximum atomic E-state index is 11.4. The van der Waals surface area contributed by atoms with Crippen molar-refractivity contribution in [3.05, 3.63) is 29.8 Å². The Hall–Kier alpha value is -1.59. The molecule has 1 aromatic carbocycles. The molecule has 110 valence electrons. The average Bonchev–Trinajstić information content (AvgIpc) is 3.30. The minimum Gasteiger partial charge on any atom is -0.492 e. The van der Waals surface area contributed by atoms with Crippen LogP contribution in [-0.4, -0.2) is 36.5 Å². The van der Waals surface area contributed by atoms with Gasteiger partial charge in [-0.2, -0.15) is 0 Å². The standard InChI is InChI=1S/C15H23N3O2/c1-2-8-18(13-6-7-13)9-10-20-14-5-3-4-12(11-14)15(19)17-16/h3-5,11,13H,2,6-10,16H2,1H3,(H,17,19). The third-order valence-corrected chi connectivity index (χ3v) is 3.45. The summed E-state index contributed by atoms with van der Waals surface area (Å²) >= 11 is 0. The Labute approximate surface area is 120 Å². The van der Waals surface area contributed by atoms with E-state index in [1.807, 2.05) is 6.07 Å². The van der Waals surface area contributed by atoms with Crippen molar-refractivity contribution in [3.63, 3.8) is 0 Å². The van der Waals surface area contributed by atoms with Gasteiger partial charge in [-0.3, -0.25) is 15.1 Å². The van der Waals surface area contributed by atoms with Crippen LogP contribution in [0.3, 0.4) is 0 Å². The van der Waals surface area contributed by atoms with Crippen molar-refractivity contribution in [3.8, 4) is 5.75 Å². The number of amides is 1. The smallest absolute Gasteiger partial charge is 0.265 e. The van der Waals surface area contributed by atoms with Crippen LogP contribution in [0, 0.1) is 0 Å². The van der Waals surface area contributed by atoms with Crippen LogP contribution >= 0.6 is 0 Å². The number of benzene rings is 1. The molecule has 0 aromatic heterocycles. The van der Waals surface area contributed by atoms with Gasteiger partial charge in [-0.25, -0.2) is 5.84 Å². The zero-order chi connectivity index (χ0) is 14.4. The van der Waals surface area contributed by atoms with E-state index >= 15 is 0 Å². The molecule has 5 heteroatoms. The topological polar surface area (TPSA) is 67.6 Å². The van der Waals surface area contributed by atoms with Gasteiger partial charge < -0.3 is 4.74 Å². The summed E-state index contributed by atoms with van der Waals surface area (Å²) in [5.74, 6) is 5.52. The molecule has 1 fully saturated rings. The first-order chi connectivity index (χ1) is 9.74. The predicted molar refractivity (Wildman–Crippen MR) is 78.5 cm³/mol. The number of hydrogen-bond acceptors (Lipinski definition) is 4. The lowest BCUT2D eigenvalue weighted by Crippen LogP contribution is -2.31. The normalized spacial score (nSPS) is 14.3. The first-order valence-electron chi connectivity index (χ1n) is 7.22. The molecule has 0 heterocycles. The van der Waals surface area contributed by atoms with E-state index in [-0.39, 0.29) is 5.91 Å². The molecule has 1 amide bonds. The second-order valence-electron chi connectivity index (χ2n) is 5.12. The van der Waals surface area contributed by atoms with Gasteiger partial charge >= 0.3 is 0 Å². The van der Waals surface area contributed by atoms with Crippen LogP contribution < -0.4 is 16.0 Å². The van der Waals surface area contributed by atoms with Crippen LogP contribution in [0.25, 0.3) is 0 Å². The maximum Gasteiger partial charge on any atom is 0.265 e. The molecule has 1 aromatic rings. The van der Waals surface area contributed by atoms with Crippen molar-refractivity contribution in [2.75, 3.05) is 19.7 Å². The molecule has 3 N–H and O–H groups in total. The SMILES string of the molecule is CCCN(CCOc1cccc(C(=O)NN)c1)C1CC1. The molecule has 1 saturated carbocycles. The predicted octanol–water partition coefficient (Wildman–Crippen LogP) is 1.54. The second kappa shape index (κ2) is 7.26. The second-order valence-corrected chi connectivity index (χ2v) is 5.12. The van der Waals surface area contributed by atoms with Crippen LogP contribution in [0.4, 0.5) is 0 Å². The Bertz CT molecular complexity index is 446. The maximum absolute atomic E-state index is 11.4. The number of rotatable bonds is 8. The van der Waals surface area contributed by atoms with Crippen molar-refractivity contribution in [1.82, 2.24) is 10.3 Å². The van der Waals surface area contributed by atoms with E-state index in [4.69, 9.17) is 10.6 Å². The fourth-order valence-corrected chi connectivity index (χ4v) is 2.30. The van der Waals surface area contributed by atoms with E-state index < -0.39 is 0 Å². The van der Waals surface area contributed by atoms with E-state index in [0.29, 0.717) is 17.9 Å². The van der Waals surface area contributed by atoms with Crippen LogP contribution in [0.2, 0.25) is 0 Å². The number of carbonyl (C=O) groups is 1. The summed E-state index contributed by atoms with van der Waals surface area (Å²) in [4.78, 5) is 13.9. The monoisotopic (exact) mass is 277 g/mol. The lowest BCUT2D eigenvalue weighted by Gasteiger charge is -2.21. The highest BCUT2D eigenvalue weighted by Crippen LogP contribution is 2.26. The number of nitrogens with two attached hydrogens (primary N) is 1. The van der Waals surface area contributed by atoms with Gasteiger partial charge in [0, 0.05) is 18.2 Å². The van der Waals surface area contributed by atoms with E-state index in [9.17, 15) is 4.79 Å². The molecule has 20 heavy (non-hydrogen) atoms. The molecule has 0 radical (unpaired) electrons. The fourth-order valence-electron chi connectivity index (χ4n) is 2.30. The number of nitrogen functional groups attached to an aromatic ring is 1. The number of carbonyl (C=O) groups excluding carboxylic acids is 1. The molecule has 1 aliphatic carbocycles. The molecular formula is C15H23N3O2. The van der Waals surface area contributed by atoms with Gasteiger partial charge in [-0.15, -0.1) is 0 Å². The van der Waals surface area contributed by atoms with Gasteiger partial charge in [-0.1, -0.05) is 13.0 Å². The Kier molecular flexibility index (Phi) is 5.38. The summed E-state index contributed by atoms with van der Waals surface area (Å²) in [5.41, 5.74) is 2.63. The van der Waals surface area contributed by atoms with Gasteiger partial charge in [0.05, 0.1) is 0 Å². The Morgan fingerprint density at radius 1 is 1.45 bits per heavy atom. The highest BCUT2D eigenvalue weighted by molar-refractivity contribution is 5.94. The largest absolute Gasteiger partial charge is 0.492 e. The zero-order valence-corrected chi connectivity index (χ0v) is 12.0. The van der Waals surface area contributed by atoms with E-state index in [0.717, 1.165) is 19.1 Å². The third kappa shape index (κ3) is 4.21. The Balaban J connectivity index is 1.82. The number of nitrogens with zero attached hydrogens (tertiary/aromatic N) is 1. The van der Waals surface area contributed by atoms with Gasteiger partial charge in [0.15, 0.2) is 0 Å². The van der Waals surface area contributed by atoms with Crippen LogP contribution in [-0.2, 0) is 0 Å². The van der Waals surface area contributed by atoms with Crippen LogP contribution in [0.5, 0.6) is 5.75 Å².